The molecule has 1 heterocycles. The Labute approximate surface area is 113 Å². The normalized spacial score (nSPS) is 10.4. The standard InChI is InChI=1S/C12H13BrN4O/c1-6-7(2)16-17-11(6)15-12(18)8-3-4-9(13)10(14)5-8/h3-5H,14H2,1-2H3,(H2,15,16,17,18). The maximum absolute atomic E-state index is 12.0. The highest BCUT2D eigenvalue weighted by atomic mass is 79.9. The van der Waals surface area contributed by atoms with Crippen LogP contribution >= 0.6 is 15.9 Å². The van der Waals surface area contributed by atoms with Crippen LogP contribution in [-0.2, 0) is 0 Å². The zero-order chi connectivity index (χ0) is 13.3. The van der Waals surface area contributed by atoms with Crippen molar-refractivity contribution in [2.45, 2.75) is 13.8 Å². The molecule has 0 aliphatic rings. The summed E-state index contributed by atoms with van der Waals surface area (Å²) < 4.78 is 0.769. The molecular weight excluding hydrogens is 296 g/mol. The molecule has 0 aliphatic heterocycles. The molecule has 0 unspecified atom stereocenters. The van der Waals surface area contributed by atoms with E-state index in [0.717, 1.165) is 15.7 Å². The summed E-state index contributed by atoms with van der Waals surface area (Å²) in [6, 6.07) is 5.06. The van der Waals surface area contributed by atoms with Crippen molar-refractivity contribution in [2.75, 3.05) is 11.1 Å². The Morgan fingerprint density at radius 1 is 1.44 bits per heavy atom. The Morgan fingerprint density at radius 2 is 2.17 bits per heavy atom. The van der Waals surface area contributed by atoms with E-state index in [1.165, 1.54) is 0 Å². The van der Waals surface area contributed by atoms with Crippen molar-refractivity contribution in [3.05, 3.63) is 39.5 Å². The Morgan fingerprint density at radius 3 is 2.72 bits per heavy atom. The molecule has 1 amide bonds. The molecule has 1 aromatic carbocycles. The van der Waals surface area contributed by atoms with Crippen LogP contribution in [0.15, 0.2) is 22.7 Å². The fourth-order valence-electron chi connectivity index (χ4n) is 1.47. The smallest absolute Gasteiger partial charge is 0.256 e. The Balaban J connectivity index is 2.22. The van der Waals surface area contributed by atoms with Crippen LogP contribution in [0.3, 0.4) is 0 Å². The molecule has 0 aliphatic carbocycles. The number of aromatic nitrogens is 2. The molecule has 2 aromatic rings. The summed E-state index contributed by atoms with van der Waals surface area (Å²) in [7, 11) is 0. The number of H-pyrrole nitrogens is 1. The molecule has 0 saturated carbocycles. The molecule has 0 radical (unpaired) electrons. The third-order valence-electron chi connectivity index (χ3n) is 2.74. The first kappa shape index (κ1) is 12.6. The van der Waals surface area contributed by atoms with Crippen molar-refractivity contribution in [1.29, 1.82) is 0 Å². The molecule has 1 aromatic heterocycles. The first-order chi connectivity index (χ1) is 8.49. The molecule has 0 bridgehead atoms. The lowest BCUT2D eigenvalue weighted by Gasteiger charge is -2.05. The van der Waals surface area contributed by atoms with Crippen LogP contribution < -0.4 is 11.1 Å². The minimum absolute atomic E-state index is 0.233. The van der Waals surface area contributed by atoms with E-state index >= 15 is 0 Å². The molecule has 94 valence electrons. The largest absolute Gasteiger partial charge is 0.398 e. The van der Waals surface area contributed by atoms with Gasteiger partial charge in [0, 0.05) is 27.0 Å². The van der Waals surface area contributed by atoms with Crippen LogP contribution in [-0.4, -0.2) is 16.1 Å². The van der Waals surface area contributed by atoms with Crippen LogP contribution in [0.1, 0.15) is 21.6 Å². The summed E-state index contributed by atoms with van der Waals surface area (Å²) in [6.45, 7) is 3.79. The van der Waals surface area contributed by atoms with Gasteiger partial charge in [0.2, 0.25) is 0 Å². The van der Waals surface area contributed by atoms with Gasteiger partial charge in [-0.1, -0.05) is 0 Å². The molecule has 4 N–H and O–H groups in total. The average Bonchev–Trinajstić information content (AvgIpc) is 2.64. The lowest BCUT2D eigenvalue weighted by atomic mass is 10.2. The van der Waals surface area contributed by atoms with E-state index in [2.05, 4.69) is 31.4 Å². The predicted molar refractivity (Wildman–Crippen MR) is 74.6 cm³/mol. The maximum atomic E-state index is 12.0. The summed E-state index contributed by atoms with van der Waals surface area (Å²) >= 11 is 3.29. The fraction of sp³-hybridized carbons (Fsp3) is 0.167. The van der Waals surface area contributed by atoms with Crippen LogP contribution in [0.2, 0.25) is 0 Å². The number of halogens is 1. The summed E-state index contributed by atoms with van der Waals surface area (Å²) in [4.78, 5) is 12.0. The number of carbonyl (C=O) groups is 1. The van der Waals surface area contributed by atoms with Crippen molar-refractivity contribution in [1.82, 2.24) is 10.2 Å². The predicted octanol–water partition coefficient (Wildman–Crippen LogP) is 2.62. The van der Waals surface area contributed by atoms with E-state index < -0.39 is 0 Å². The zero-order valence-electron chi connectivity index (χ0n) is 10.0. The van der Waals surface area contributed by atoms with Crippen LogP contribution in [0.25, 0.3) is 0 Å². The van der Waals surface area contributed by atoms with Crippen LogP contribution in [0.4, 0.5) is 11.5 Å². The van der Waals surface area contributed by atoms with Crippen LogP contribution in [0, 0.1) is 13.8 Å². The van der Waals surface area contributed by atoms with Crippen molar-refractivity contribution >= 4 is 33.3 Å². The van der Waals surface area contributed by atoms with Gasteiger partial charge in [-0.05, 0) is 48.0 Å². The second-order valence-electron chi connectivity index (χ2n) is 4.01. The molecule has 0 fully saturated rings. The van der Waals surface area contributed by atoms with E-state index in [9.17, 15) is 4.79 Å². The monoisotopic (exact) mass is 308 g/mol. The summed E-state index contributed by atoms with van der Waals surface area (Å²) in [6.07, 6.45) is 0. The number of carbonyl (C=O) groups excluding carboxylic acids is 1. The summed E-state index contributed by atoms with van der Waals surface area (Å²) in [5.41, 5.74) is 8.61. The number of aryl methyl sites for hydroxylation is 1. The minimum Gasteiger partial charge on any atom is -0.398 e. The zero-order valence-corrected chi connectivity index (χ0v) is 11.6. The van der Waals surface area contributed by atoms with Gasteiger partial charge in [-0.15, -0.1) is 0 Å². The number of nitrogens with one attached hydrogen (secondary N) is 2. The molecule has 2 rings (SSSR count). The topological polar surface area (TPSA) is 83.8 Å². The summed E-state index contributed by atoms with van der Waals surface area (Å²) in [5, 5.41) is 9.58. The van der Waals surface area contributed by atoms with Crippen LogP contribution in [0.5, 0.6) is 0 Å². The fourth-order valence-corrected chi connectivity index (χ4v) is 1.72. The molecule has 18 heavy (non-hydrogen) atoms. The van der Waals surface area contributed by atoms with Crippen molar-refractivity contribution in [3.8, 4) is 0 Å². The van der Waals surface area contributed by atoms with Gasteiger partial charge in [0.1, 0.15) is 0 Å². The number of nitrogens with zero attached hydrogens (tertiary/aromatic N) is 1. The Hall–Kier alpha value is -1.82. The lowest BCUT2D eigenvalue weighted by molar-refractivity contribution is 0.102. The third-order valence-corrected chi connectivity index (χ3v) is 3.47. The number of aromatic amines is 1. The molecule has 0 spiro atoms. The molecule has 0 atom stereocenters. The van der Waals surface area contributed by atoms with E-state index in [1.807, 2.05) is 13.8 Å². The van der Waals surface area contributed by atoms with Gasteiger partial charge in [0.25, 0.3) is 5.91 Å². The highest BCUT2D eigenvalue weighted by Crippen LogP contribution is 2.21. The van der Waals surface area contributed by atoms with Crippen molar-refractivity contribution in [2.24, 2.45) is 0 Å². The highest BCUT2D eigenvalue weighted by molar-refractivity contribution is 9.10. The number of anilines is 2. The number of hydrogen-bond donors (Lipinski definition) is 3. The maximum Gasteiger partial charge on any atom is 0.256 e. The summed E-state index contributed by atoms with van der Waals surface area (Å²) in [5.74, 6) is 0.308. The Kier molecular flexibility index (Phi) is 3.38. The molecular formula is C12H13BrN4O. The number of benzene rings is 1. The lowest BCUT2D eigenvalue weighted by Crippen LogP contribution is -2.13. The van der Waals surface area contributed by atoms with Gasteiger partial charge in [-0.3, -0.25) is 9.89 Å². The number of amides is 1. The number of nitrogens with two attached hydrogens (primary N) is 1. The molecule has 0 saturated heterocycles. The number of rotatable bonds is 2. The average molecular weight is 309 g/mol. The quantitative estimate of drug-likeness (QED) is 0.746. The van der Waals surface area contributed by atoms with E-state index in [0.29, 0.717) is 17.1 Å². The van der Waals surface area contributed by atoms with Gasteiger partial charge in [-0.25, -0.2) is 0 Å². The van der Waals surface area contributed by atoms with Gasteiger partial charge in [0.15, 0.2) is 5.82 Å². The minimum atomic E-state index is -0.233. The first-order valence-electron chi connectivity index (χ1n) is 5.37. The van der Waals surface area contributed by atoms with E-state index in [4.69, 9.17) is 5.73 Å². The van der Waals surface area contributed by atoms with Gasteiger partial charge in [-0.2, -0.15) is 5.10 Å². The highest BCUT2D eigenvalue weighted by Gasteiger charge is 2.12. The van der Waals surface area contributed by atoms with Gasteiger partial charge >= 0.3 is 0 Å². The molecule has 6 heteroatoms. The van der Waals surface area contributed by atoms with Gasteiger partial charge in [0.05, 0.1) is 0 Å². The first-order valence-corrected chi connectivity index (χ1v) is 6.16. The van der Waals surface area contributed by atoms with E-state index in [1.54, 1.807) is 18.2 Å². The SMILES string of the molecule is Cc1[nH]nc(NC(=O)c2ccc(Br)c(N)c2)c1C. The number of hydrogen-bond acceptors (Lipinski definition) is 3. The molecule has 5 nitrogen and oxygen atoms in total. The number of nitrogen functional groups attached to an aromatic ring is 1. The second-order valence-corrected chi connectivity index (χ2v) is 4.87. The van der Waals surface area contributed by atoms with Crippen molar-refractivity contribution < 1.29 is 4.79 Å². The van der Waals surface area contributed by atoms with E-state index in [-0.39, 0.29) is 5.91 Å². The Bertz CT molecular complexity index is 606. The van der Waals surface area contributed by atoms with Gasteiger partial charge < -0.3 is 11.1 Å². The van der Waals surface area contributed by atoms with Crippen molar-refractivity contribution in [3.63, 3.8) is 0 Å². The third kappa shape index (κ3) is 2.38. The second kappa shape index (κ2) is 4.81.